The van der Waals surface area contributed by atoms with Gasteiger partial charge < -0.3 is 35.3 Å². The molecule has 12 nitrogen and oxygen atoms in total. The van der Waals surface area contributed by atoms with Crippen molar-refractivity contribution in [1.82, 2.24) is 30.8 Å². The summed E-state index contributed by atoms with van der Waals surface area (Å²) in [6.07, 6.45) is 15.5. The second kappa shape index (κ2) is 23.3. The van der Waals surface area contributed by atoms with E-state index >= 15 is 0 Å². The molecule has 1 aromatic carbocycles. The highest BCUT2D eigenvalue weighted by atomic mass is 16.6. The first-order chi connectivity index (χ1) is 26.5. The number of hydrogen-bond acceptors (Lipinski definition) is 7. The molecule has 56 heavy (non-hydrogen) atoms. The van der Waals surface area contributed by atoms with E-state index < -0.39 is 41.2 Å². The fourth-order valence-corrected chi connectivity index (χ4v) is 7.05. The maximum Gasteiger partial charge on any atom is 0.407 e. The van der Waals surface area contributed by atoms with E-state index in [2.05, 4.69) is 43.0 Å². The molecule has 4 amide bonds. The van der Waals surface area contributed by atoms with Crippen molar-refractivity contribution >= 4 is 23.8 Å². The number of nitrogens with zero attached hydrogens (tertiary/aromatic N) is 2. The van der Waals surface area contributed by atoms with Crippen molar-refractivity contribution in [3.8, 4) is 0 Å². The van der Waals surface area contributed by atoms with E-state index in [0.29, 0.717) is 44.7 Å². The van der Waals surface area contributed by atoms with Crippen LogP contribution >= 0.6 is 0 Å². The van der Waals surface area contributed by atoms with Gasteiger partial charge in [-0.05, 0) is 117 Å². The third-order valence-electron chi connectivity index (χ3n) is 10.3. The van der Waals surface area contributed by atoms with Crippen LogP contribution in [0.2, 0.25) is 0 Å². The van der Waals surface area contributed by atoms with Gasteiger partial charge in [-0.15, -0.1) is 0 Å². The quantitative estimate of drug-likeness (QED) is 0.0918. The summed E-state index contributed by atoms with van der Waals surface area (Å²) in [5.41, 5.74) is 0.943. The average Bonchev–Trinajstić information content (AvgIpc) is 3.55. The van der Waals surface area contributed by atoms with Gasteiger partial charge in [0.15, 0.2) is 0 Å². The molecule has 1 aliphatic carbocycles. The van der Waals surface area contributed by atoms with Gasteiger partial charge in [-0.2, -0.15) is 0 Å². The molecule has 314 valence electrons. The normalized spacial score (nSPS) is 15.4. The first-order valence-corrected chi connectivity index (χ1v) is 21.1. The molecule has 3 unspecified atom stereocenters. The number of carbonyl (C=O) groups excluding carboxylic acids is 4. The summed E-state index contributed by atoms with van der Waals surface area (Å²) < 4.78 is 13.5. The van der Waals surface area contributed by atoms with Crippen LogP contribution in [0, 0.1) is 12.8 Å². The van der Waals surface area contributed by atoms with Gasteiger partial charge in [0.2, 0.25) is 17.7 Å². The Bertz CT molecular complexity index is 1490. The number of nitrogens with one attached hydrogen (secondary N) is 4. The maximum atomic E-state index is 14.0. The lowest BCUT2D eigenvalue weighted by Gasteiger charge is -2.28. The summed E-state index contributed by atoms with van der Waals surface area (Å²) in [4.78, 5) is 57.9. The Hall–Kier alpha value is -3.93. The molecule has 1 heterocycles. The van der Waals surface area contributed by atoms with Crippen LogP contribution in [0.3, 0.4) is 0 Å². The van der Waals surface area contributed by atoms with Crippen LogP contribution in [-0.2, 0) is 36.8 Å². The monoisotopic (exact) mass is 781 g/mol. The van der Waals surface area contributed by atoms with E-state index in [1.54, 1.807) is 0 Å². The third kappa shape index (κ3) is 17.9. The molecule has 1 aliphatic rings. The molecule has 1 aromatic heterocycles. The van der Waals surface area contributed by atoms with Crippen LogP contribution in [0.15, 0.2) is 36.7 Å². The molecule has 0 spiro atoms. The Labute approximate surface area is 336 Å². The molecule has 1 fully saturated rings. The number of aryl methyl sites for hydroxylation is 3. The highest BCUT2D eigenvalue weighted by molar-refractivity contribution is 5.93. The second-order valence-corrected chi connectivity index (χ2v) is 17.4. The summed E-state index contributed by atoms with van der Waals surface area (Å²) in [5.74, 6) is 0.174. The first-order valence-electron chi connectivity index (χ1n) is 21.1. The van der Waals surface area contributed by atoms with Gasteiger partial charge in [0.05, 0.1) is 18.1 Å². The van der Waals surface area contributed by atoms with Crippen molar-refractivity contribution in [3.05, 3.63) is 53.6 Å². The summed E-state index contributed by atoms with van der Waals surface area (Å²) in [5, 5.41) is 11.8. The summed E-state index contributed by atoms with van der Waals surface area (Å²) >= 11 is 0. The summed E-state index contributed by atoms with van der Waals surface area (Å²) in [7, 11) is 0. The van der Waals surface area contributed by atoms with Crippen molar-refractivity contribution in [2.75, 3.05) is 19.7 Å². The van der Waals surface area contributed by atoms with Gasteiger partial charge in [0.1, 0.15) is 23.5 Å². The molecule has 2 aromatic rings. The van der Waals surface area contributed by atoms with Crippen LogP contribution in [0.25, 0.3) is 0 Å². The number of hydrogen-bond donors (Lipinski definition) is 4. The topological polar surface area (TPSA) is 153 Å². The molecule has 4 N–H and O–H groups in total. The molecule has 0 radical (unpaired) electrons. The molecule has 0 aliphatic heterocycles. The zero-order valence-electron chi connectivity index (χ0n) is 35.6. The minimum Gasteiger partial charge on any atom is -0.444 e. The van der Waals surface area contributed by atoms with E-state index in [9.17, 15) is 19.2 Å². The largest absolute Gasteiger partial charge is 0.444 e. The number of benzene rings is 1. The summed E-state index contributed by atoms with van der Waals surface area (Å²) in [6.45, 7) is 16.9. The van der Waals surface area contributed by atoms with Crippen LogP contribution in [0.4, 0.5) is 4.79 Å². The van der Waals surface area contributed by atoms with Crippen molar-refractivity contribution in [3.63, 3.8) is 0 Å². The lowest BCUT2D eigenvalue weighted by molar-refractivity contribution is -0.135. The predicted octanol–water partition coefficient (Wildman–Crippen LogP) is 7.27. The Balaban J connectivity index is 1.64. The SMILES string of the molecule is CCC(C(=O)NC(COC(C)(C)C)C(=O)NC(CCCCNC(=O)OC(C)(C)C)C(=O)NCCC1CCCCC1)c1ccc(CCCCn2ccnc2C)cc1. The minimum absolute atomic E-state index is 0.0507. The highest BCUT2D eigenvalue weighted by Crippen LogP contribution is 2.26. The molecule has 1 saturated carbocycles. The van der Waals surface area contributed by atoms with E-state index in [-0.39, 0.29) is 18.4 Å². The van der Waals surface area contributed by atoms with Crippen LogP contribution in [0.1, 0.15) is 148 Å². The number of carbonyl (C=O) groups is 4. The number of unbranched alkanes of at least 4 members (excludes halogenated alkanes) is 2. The lowest BCUT2D eigenvalue weighted by atomic mass is 9.87. The summed E-state index contributed by atoms with van der Waals surface area (Å²) in [6, 6.07) is 6.36. The molecule has 3 atom stereocenters. The van der Waals surface area contributed by atoms with E-state index in [1.807, 2.05) is 79.9 Å². The zero-order valence-corrected chi connectivity index (χ0v) is 35.6. The van der Waals surface area contributed by atoms with E-state index in [4.69, 9.17) is 9.47 Å². The van der Waals surface area contributed by atoms with Crippen molar-refractivity contribution in [1.29, 1.82) is 0 Å². The maximum absolute atomic E-state index is 14.0. The molecular weight excluding hydrogens is 709 g/mol. The molecule has 0 bridgehead atoms. The van der Waals surface area contributed by atoms with Crippen LogP contribution in [-0.4, -0.2) is 76.3 Å². The molecular formula is C44H72N6O6. The fourth-order valence-electron chi connectivity index (χ4n) is 7.05. The van der Waals surface area contributed by atoms with Crippen molar-refractivity contribution < 1.29 is 28.7 Å². The average molecular weight is 781 g/mol. The Morgan fingerprint density at radius 1 is 0.821 bits per heavy atom. The van der Waals surface area contributed by atoms with Gasteiger partial charge in [0, 0.05) is 32.0 Å². The zero-order chi connectivity index (χ0) is 41.1. The third-order valence-corrected chi connectivity index (χ3v) is 10.3. The van der Waals surface area contributed by atoms with E-state index in [1.165, 1.54) is 37.7 Å². The van der Waals surface area contributed by atoms with Crippen molar-refractivity contribution in [2.45, 2.75) is 175 Å². The van der Waals surface area contributed by atoms with Crippen LogP contribution in [0.5, 0.6) is 0 Å². The standard InChI is InChI=1S/C44H72N6O6/c1-9-36(35-23-21-34(22-24-35)19-14-16-29-50-30-28-45-32(50)2)39(51)49-38(31-55-43(3,4)5)41(53)48-37(20-13-15-26-47-42(54)56-44(6,7)8)40(52)46-27-25-33-17-11-10-12-18-33/h21-24,28,30,33,36-38H,9-20,25-27,29,31H2,1-8H3,(H,46,52)(H,47,54)(H,48,53)(H,49,51). The predicted molar refractivity (Wildman–Crippen MR) is 221 cm³/mol. The van der Waals surface area contributed by atoms with E-state index in [0.717, 1.165) is 43.6 Å². The Morgan fingerprint density at radius 2 is 1.52 bits per heavy atom. The van der Waals surface area contributed by atoms with Gasteiger partial charge in [-0.25, -0.2) is 9.78 Å². The molecule has 0 saturated heterocycles. The first kappa shape index (κ1) is 46.5. The van der Waals surface area contributed by atoms with Crippen molar-refractivity contribution in [2.24, 2.45) is 5.92 Å². The Morgan fingerprint density at radius 3 is 2.14 bits per heavy atom. The second-order valence-electron chi connectivity index (χ2n) is 17.4. The number of imidazole rings is 1. The van der Waals surface area contributed by atoms with Gasteiger partial charge in [0.25, 0.3) is 0 Å². The smallest absolute Gasteiger partial charge is 0.407 e. The fraction of sp³-hybridized carbons (Fsp3) is 0.705. The Kier molecular flexibility index (Phi) is 19.4. The minimum atomic E-state index is -1.01. The highest BCUT2D eigenvalue weighted by Gasteiger charge is 2.31. The number of alkyl carbamates (subject to hydrolysis) is 1. The number of ether oxygens (including phenoxy) is 2. The lowest BCUT2D eigenvalue weighted by Crippen LogP contribution is -2.56. The van der Waals surface area contributed by atoms with Gasteiger partial charge >= 0.3 is 6.09 Å². The number of amides is 4. The van der Waals surface area contributed by atoms with Gasteiger partial charge in [-0.1, -0.05) is 63.3 Å². The molecule has 3 rings (SSSR count). The number of aromatic nitrogens is 2. The van der Waals surface area contributed by atoms with Gasteiger partial charge in [-0.3, -0.25) is 14.4 Å². The van der Waals surface area contributed by atoms with Crippen LogP contribution < -0.4 is 21.3 Å². The number of rotatable bonds is 22. The molecule has 12 heteroatoms.